The number of amides is 1. The number of carbonyl (C=O) groups is 1. The monoisotopic (exact) mass is 293 g/mol. The zero-order chi connectivity index (χ0) is 13.9. The third-order valence-corrected chi connectivity index (χ3v) is 2.88. The fourth-order valence-corrected chi connectivity index (χ4v) is 1.84. The Morgan fingerprint density at radius 3 is 2.28 bits per heavy atom. The Hall–Kier alpha value is -1.01. The molecule has 0 aliphatic heterocycles. The highest BCUT2D eigenvalue weighted by molar-refractivity contribution is 6.37. The number of phenolic OH excluding ortho intramolecular Hbond substituents is 1. The van der Waals surface area contributed by atoms with Crippen LogP contribution in [0.4, 0.5) is 0 Å². The number of aliphatic hydroxyl groups is 2. The van der Waals surface area contributed by atoms with Crippen molar-refractivity contribution in [3.05, 3.63) is 27.7 Å². The fourth-order valence-electron chi connectivity index (χ4n) is 1.34. The van der Waals surface area contributed by atoms with Gasteiger partial charge in [-0.2, -0.15) is 0 Å². The molecular weight excluding hydrogens is 281 g/mol. The van der Waals surface area contributed by atoms with E-state index in [0.29, 0.717) is 0 Å². The van der Waals surface area contributed by atoms with E-state index in [-0.39, 0.29) is 33.8 Å². The zero-order valence-corrected chi connectivity index (χ0v) is 11.0. The number of benzene rings is 1. The quantitative estimate of drug-likeness (QED) is 0.672. The van der Waals surface area contributed by atoms with E-state index in [2.05, 4.69) is 5.32 Å². The second-order valence-corrected chi connectivity index (χ2v) is 4.60. The average Bonchev–Trinajstić information content (AvgIpc) is 2.31. The van der Waals surface area contributed by atoms with Gasteiger partial charge in [-0.1, -0.05) is 23.2 Å². The van der Waals surface area contributed by atoms with Gasteiger partial charge in [0.2, 0.25) is 5.91 Å². The Bertz CT molecular complexity index is 430. The standard InChI is InChI=1S/C11H13Cl2NO4/c1-5(15)14-4-9(16)10(17)6-2-7(12)11(18)8(13)3-6/h2-3,9-10,16-18H,4H2,1H3,(H,14,15). The molecule has 0 spiro atoms. The normalized spacial score (nSPS) is 14.1. The number of rotatable bonds is 4. The van der Waals surface area contributed by atoms with Gasteiger partial charge in [-0.3, -0.25) is 4.79 Å². The van der Waals surface area contributed by atoms with Crippen molar-refractivity contribution in [1.29, 1.82) is 0 Å². The molecule has 100 valence electrons. The maximum atomic E-state index is 10.7. The van der Waals surface area contributed by atoms with Crippen LogP contribution in [0.3, 0.4) is 0 Å². The summed E-state index contributed by atoms with van der Waals surface area (Å²) in [5.41, 5.74) is 0.251. The Morgan fingerprint density at radius 2 is 1.83 bits per heavy atom. The lowest BCUT2D eigenvalue weighted by molar-refractivity contribution is -0.119. The SMILES string of the molecule is CC(=O)NCC(O)C(O)c1cc(Cl)c(O)c(Cl)c1. The molecule has 0 saturated heterocycles. The van der Waals surface area contributed by atoms with E-state index in [9.17, 15) is 20.1 Å². The first-order valence-corrected chi connectivity index (χ1v) is 5.87. The number of aliphatic hydroxyl groups excluding tert-OH is 2. The van der Waals surface area contributed by atoms with Gasteiger partial charge in [-0.05, 0) is 17.7 Å². The number of halogens is 2. The van der Waals surface area contributed by atoms with Gasteiger partial charge >= 0.3 is 0 Å². The summed E-state index contributed by atoms with van der Waals surface area (Å²) in [6.07, 6.45) is -2.47. The van der Waals surface area contributed by atoms with Gasteiger partial charge in [0.1, 0.15) is 12.2 Å². The molecule has 0 bridgehead atoms. The van der Waals surface area contributed by atoms with Gasteiger partial charge in [-0.15, -0.1) is 0 Å². The van der Waals surface area contributed by atoms with Crippen LogP contribution in [-0.2, 0) is 4.79 Å². The first kappa shape index (κ1) is 15.0. The molecule has 7 heteroatoms. The van der Waals surface area contributed by atoms with Crippen LogP contribution in [-0.4, -0.2) is 33.9 Å². The van der Waals surface area contributed by atoms with Crippen molar-refractivity contribution in [2.75, 3.05) is 6.54 Å². The third-order valence-electron chi connectivity index (χ3n) is 2.31. The Kier molecular flexibility index (Phi) is 5.22. The highest BCUT2D eigenvalue weighted by Gasteiger charge is 2.20. The minimum absolute atomic E-state index is 0.0247. The molecule has 2 atom stereocenters. The highest BCUT2D eigenvalue weighted by Crippen LogP contribution is 2.35. The molecule has 5 nitrogen and oxygen atoms in total. The summed E-state index contributed by atoms with van der Waals surface area (Å²) < 4.78 is 0. The summed E-state index contributed by atoms with van der Waals surface area (Å²) >= 11 is 11.4. The van der Waals surface area contributed by atoms with Crippen molar-refractivity contribution in [3.63, 3.8) is 0 Å². The second-order valence-electron chi connectivity index (χ2n) is 3.78. The van der Waals surface area contributed by atoms with Crippen molar-refractivity contribution < 1.29 is 20.1 Å². The van der Waals surface area contributed by atoms with Gasteiger partial charge in [0.15, 0.2) is 5.75 Å². The average molecular weight is 294 g/mol. The van der Waals surface area contributed by atoms with Crippen LogP contribution in [0.25, 0.3) is 0 Å². The summed E-state index contributed by atoms with van der Waals surface area (Å²) in [6.45, 7) is 1.19. The number of carbonyl (C=O) groups excluding carboxylic acids is 1. The third kappa shape index (κ3) is 3.74. The molecule has 4 N–H and O–H groups in total. The largest absolute Gasteiger partial charge is 0.505 e. The molecule has 0 radical (unpaired) electrons. The van der Waals surface area contributed by atoms with E-state index >= 15 is 0 Å². The summed E-state index contributed by atoms with van der Waals surface area (Å²) in [6, 6.07) is 2.59. The van der Waals surface area contributed by atoms with Crippen LogP contribution in [0.15, 0.2) is 12.1 Å². The van der Waals surface area contributed by atoms with E-state index in [4.69, 9.17) is 23.2 Å². The summed E-state index contributed by atoms with van der Waals surface area (Å²) in [5.74, 6) is -0.603. The first-order valence-electron chi connectivity index (χ1n) is 5.11. The van der Waals surface area contributed by atoms with Crippen molar-refractivity contribution in [2.45, 2.75) is 19.1 Å². The van der Waals surface area contributed by atoms with Crippen molar-refractivity contribution in [2.24, 2.45) is 0 Å². The molecule has 1 aromatic carbocycles. The van der Waals surface area contributed by atoms with E-state index in [1.54, 1.807) is 0 Å². The first-order chi connectivity index (χ1) is 8.32. The highest BCUT2D eigenvalue weighted by atomic mass is 35.5. The number of nitrogens with one attached hydrogen (secondary N) is 1. The number of hydrogen-bond acceptors (Lipinski definition) is 4. The molecule has 0 fully saturated rings. The second kappa shape index (κ2) is 6.24. The number of phenols is 1. The zero-order valence-electron chi connectivity index (χ0n) is 9.52. The van der Waals surface area contributed by atoms with Crippen LogP contribution in [0.5, 0.6) is 5.75 Å². The van der Waals surface area contributed by atoms with Gasteiger partial charge in [0.25, 0.3) is 0 Å². The van der Waals surface area contributed by atoms with Gasteiger partial charge in [-0.25, -0.2) is 0 Å². The number of hydrogen-bond donors (Lipinski definition) is 4. The molecule has 1 aromatic rings. The lowest BCUT2D eigenvalue weighted by Gasteiger charge is -2.19. The lowest BCUT2D eigenvalue weighted by atomic mass is 10.0. The van der Waals surface area contributed by atoms with E-state index in [0.717, 1.165) is 0 Å². The molecule has 2 unspecified atom stereocenters. The Labute approximate surface area is 114 Å². The van der Waals surface area contributed by atoms with Gasteiger partial charge in [0, 0.05) is 13.5 Å². The molecule has 0 heterocycles. The molecule has 0 aromatic heterocycles. The molecule has 0 saturated carbocycles. The number of aromatic hydroxyl groups is 1. The van der Waals surface area contributed by atoms with Crippen LogP contribution in [0.2, 0.25) is 10.0 Å². The topological polar surface area (TPSA) is 89.8 Å². The molecule has 0 aliphatic carbocycles. The molecule has 1 rings (SSSR count). The Morgan fingerprint density at radius 1 is 1.33 bits per heavy atom. The van der Waals surface area contributed by atoms with E-state index in [1.165, 1.54) is 19.1 Å². The summed E-state index contributed by atoms with van der Waals surface area (Å²) in [5, 5.41) is 31.2. The van der Waals surface area contributed by atoms with Gasteiger partial charge < -0.3 is 20.6 Å². The van der Waals surface area contributed by atoms with E-state index < -0.39 is 12.2 Å². The van der Waals surface area contributed by atoms with Crippen LogP contribution in [0.1, 0.15) is 18.6 Å². The summed E-state index contributed by atoms with van der Waals surface area (Å²) in [7, 11) is 0. The smallest absolute Gasteiger partial charge is 0.216 e. The lowest BCUT2D eigenvalue weighted by Crippen LogP contribution is -2.34. The molecule has 0 aliphatic rings. The maximum Gasteiger partial charge on any atom is 0.216 e. The predicted molar refractivity (Wildman–Crippen MR) is 67.8 cm³/mol. The van der Waals surface area contributed by atoms with E-state index in [1.807, 2.05) is 0 Å². The van der Waals surface area contributed by atoms with Crippen molar-refractivity contribution in [3.8, 4) is 5.75 Å². The van der Waals surface area contributed by atoms with Gasteiger partial charge in [0.05, 0.1) is 10.0 Å². The maximum absolute atomic E-state index is 10.7. The van der Waals surface area contributed by atoms with Crippen LogP contribution < -0.4 is 5.32 Å². The van der Waals surface area contributed by atoms with Crippen LogP contribution >= 0.6 is 23.2 Å². The Balaban J connectivity index is 2.83. The minimum atomic E-state index is -1.27. The van der Waals surface area contributed by atoms with Crippen LogP contribution in [0, 0.1) is 0 Å². The summed E-state index contributed by atoms with van der Waals surface area (Å²) in [4.78, 5) is 10.7. The minimum Gasteiger partial charge on any atom is -0.505 e. The van der Waals surface area contributed by atoms with Crippen molar-refractivity contribution in [1.82, 2.24) is 5.32 Å². The molecule has 18 heavy (non-hydrogen) atoms. The predicted octanol–water partition coefficient (Wildman–Crippen LogP) is 1.23. The molecule has 1 amide bonds. The van der Waals surface area contributed by atoms with Crippen molar-refractivity contribution >= 4 is 29.1 Å². The fraction of sp³-hybridized carbons (Fsp3) is 0.364. The molecular formula is C11H13Cl2NO4.